The third-order valence-corrected chi connectivity index (χ3v) is 15.4. The summed E-state index contributed by atoms with van der Waals surface area (Å²) in [4.78, 5) is 65.7. The smallest absolute Gasteiger partial charge is 0.407 e. The van der Waals surface area contributed by atoms with Gasteiger partial charge < -0.3 is 35.3 Å². The number of carbonyl (C=O) groups is 4. The van der Waals surface area contributed by atoms with Crippen LogP contribution >= 0.6 is 0 Å². The lowest BCUT2D eigenvalue weighted by Crippen LogP contribution is -2.62. The molecular formula is C56H66F10N8O8. The molecule has 3 aliphatic rings. The molecule has 0 spiro atoms. The number of hydrogen-bond acceptors (Lipinski definition) is 14. The van der Waals surface area contributed by atoms with Crippen LogP contribution in [0.15, 0.2) is 59.7 Å². The summed E-state index contributed by atoms with van der Waals surface area (Å²) >= 11 is 0. The van der Waals surface area contributed by atoms with E-state index < -0.39 is 126 Å². The molecule has 2 aromatic carbocycles. The predicted octanol–water partition coefficient (Wildman–Crippen LogP) is 7.81. The Labute approximate surface area is 467 Å². The number of ketones is 1. The summed E-state index contributed by atoms with van der Waals surface area (Å²) < 4.78 is 159. The van der Waals surface area contributed by atoms with Crippen LogP contribution in [0, 0.1) is 53.1 Å². The maximum absolute atomic E-state index is 16.0. The van der Waals surface area contributed by atoms with Crippen LogP contribution in [-0.2, 0) is 41.6 Å². The highest BCUT2D eigenvalue weighted by molar-refractivity contribution is 5.89. The number of nitrogens with two attached hydrogens (primary N) is 1. The van der Waals surface area contributed by atoms with Crippen molar-refractivity contribution in [1.29, 1.82) is 0 Å². The molecule has 2 bridgehead atoms. The zero-order valence-electron chi connectivity index (χ0n) is 46.1. The molecule has 3 aromatic rings. The Morgan fingerprint density at radius 1 is 0.890 bits per heavy atom. The number of aliphatic hydroxyl groups is 1. The molecule has 3 fully saturated rings. The van der Waals surface area contributed by atoms with E-state index in [1.54, 1.807) is 18.3 Å². The van der Waals surface area contributed by atoms with E-state index in [4.69, 9.17) is 15.5 Å². The van der Waals surface area contributed by atoms with Gasteiger partial charge in [0.2, 0.25) is 5.91 Å². The van der Waals surface area contributed by atoms with Gasteiger partial charge in [-0.2, -0.15) is 35.1 Å². The number of carbonyl (C=O) groups excluding carboxylic acids is 4. The number of esters is 1. The molecule has 1 aromatic heterocycles. The number of nitrogens with one attached hydrogen (secondary N) is 2. The molecule has 3 saturated heterocycles. The molecule has 4 heterocycles. The molecule has 6 atom stereocenters. The predicted molar refractivity (Wildman–Crippen MR) is 280 cm³/mol. The van der Waals surface area contributed by atoms with Crippen LogP contribution in [0.5, 0.6) is 0 Å². The lowest BCUT2D eigenvalue weighted by Gasteiger charge is -2.48. The standard InChI is InChI=1S/C56H66F10N8O8/c1-31-18-34(24-69-49(31)72-25-37-14-15-38(26-72)74(37)39-29-82-30-39)13-10-32-8-11-33(12-9-32)19-36(22-45(75)48(70-52(79)81-7)54(4,5)56(64,65)66)46(76)28-73(71-50(78)41(23-47(77)80-6)53(2,3)55(61,62)63)27-40-42(57)20-35(21-43(40)58)44(67)16-17-68-51(59)60/h8-9,11-12,16-18,20-21,24,36-39,41,46,48,51,76H,14-15,19,22-23,25-30,67H2,1-7H3,(H,70,79)(H,71,78)/t36-,37?,38?,41-,46+,48-/m1/s1. The summed E-state index contributed by atoms with van der Waals surface area (Å²) in [5, 5.41) is 14.7. The molecule has 2 amide bonds. The Balaban J connectivity index is 1.33. The third-order valence-electron chi connectivity index (χ3n) is 15.4. The highest BCUT2D eigenvalue weighted by Crippen LogP contribution is 2.46. The number of alkyl carbamates (subject to hydrolysis) is 1. The molecule has 3 aliphatic heterocycles. The van der Waals surface area contributed by atoms with Crippen molar-refractivity contribution in [3.63, 3.8) is 0 Å². The maximum Gasteiger partial charge on any atom is 0.407 e. The number of aromatic nitrogens is 1. The Morgan fingerprint density at radius 3 is 2.01 bits per heavy atom. The normalized spacial score (nSPS) is 18.8. The van der Waals surface area contributed by atoms with E-state index in [2.05, 4.69) is 41.5 Å². The fourth-order valence-corrected chi connectivity index (χ4v) is 10.2. The summed E-state index contributed by atoms with van der Waals surface area (Å²) in [5.74, 6) is -3.74. The van der Waals surface area contributed by atoms with E-state index in [0.29, 0.717) is 85.9 Å². The second kappa shape index (κ2) is 26.6. The fourth-order valence-electron chi connectivity index (χ4n) is 10.2. The van der Waals surface area contributed by atoms with Crippen LogP contribution in [0.2, 0.25) is 0 Å². The Kier molecular flexibility index (Phi) is 20.9. The molecule has 26 heteroatoms. The van der Waals surface area contributed by atoms with E-state index in [1.807, 2.05) is 18.3 Å². The average Bonchev–Trinajstić information content (AvgIpc) is 3.84. The second-order valence-corrected chi connectivity index (χ2v) is 21.8. The van der Waals surface area contributed by atoms with Gasteiger partial charge in [0, 0.05) is 85.0 Å². The number of fused-ring (bicyclic) bond motifs is 2. The van der Waals surface area contributed by atoms with Gasteiger partial charge in [0.1, 0.15) is 23.5 Å². The second-order valence-electron chi connectivity index (χ2n) is 21.8. The summed E-state index contributed by atoms with van der Waals surface area (Å²) in [5.41, 5.74) is 2.59. The number of alkyl halides is 8. The lowest BCUT2D eigenvalue weighted by molar-refractivity contribution is -0.231. The molecule has 0 radical (unpaired) electrons. The van der Waals surface area contributed by atoms with Crippen molar-refractivity contribution in [3.8, 4) is 11.8 Å². The fraction of sp³-hybridized carbons (Fsp3) is 0.536. The minimum Gasteiger partial charge on any atom is -0.469 e. The number of Topliss-reactive ketones (excluding diaryl/α,β-unsaturated/α-hetero) is 1. The van der Waals surface area contributed by atoms with E-state index in [-0.39, 0.29) is 12.0 Å². The zero-order valence-corrected chi connectivity index (χ0v) is 46.1. The number of pyridine rings is 1. The van der Waals surface area contributed by atoms with Crippen LogP contribution < -0.4 is 21.4 Å². The Bertz CT molecular complexity index is 2870. The van der Waals surface area contributed by atoms with Gasteiger partial charge in [-0.25, -0.2) is 28.6 Å². The average molecular weight is 1170 g/mol. The summed E-state index contributed by atoms with van der Waals surface area (Å²) in [6, 6.07) is 8.40. The van der Waals surface area contributed by atoms with E-state index >= 15 is 8.78 Å². The molecule has 448 valence electrons. The number of aliphatic hydroxyl groups excluding tert-OH is 1. The maximum atomic E-state index is 16.0. The van der Waals surface area contributed by atoms with Gasteiger partial charge in [0.05, 0.1) is 62.7 Å². The highest BCUT2D eigenvalue weighted by atomic mass is 19.4. The third kappa shape index (κ3) is 15.6. The Morgan fingerprint density at radius 2 is 1.49 bits per heavy atom. The number of nitrogens with zero attached hydrogens (tertiary/aromatic N) is 5. The van der Waals surface area contributed by atoms with Crippen molar-refractivity contribution in [2.45, 2.75) is 122 Å². The van der Waals surface area contributed by atoms with Gasteiger partial charge >= 0.3 is 31.0 Å². The number of amides is 2. The van der Waals surface area contributed by atoms with Crippen molar-refractivity contribution in [2.75, 3.05) is 52.0 Å². The largest absolute Gasteiger partial charge is 0.469 e. The highest BCUT2D eigenvalue weighted by Gasteiger charge is 2.57. The van der Waals surface area contributed by atoms with Crippen molar-refractivity contribution in [3.05, 3.63) is 99.8 Å². The van der Waals surface area contributed by atoms with E-state index in [9.17, 15) is 59.4 Å². The van der Waals surface area contributed by atoms with Crippen molar-refractivity contribution >= 4 is 41.5 Å². The van der Waals surface area contributed by atoms with E-state index in [1.165, 1.54) is 12.1 Å². The van der Waals surface area contributed by atoms with Crippen LogP contribution in [-0.4, -0.2) is 146 Å². The quantitative estimate of drug-likeness (QED) is 0.0190. The SMILES string of the molecule is COC(=O)C[C@H](C(=O)NN(Cc1c(F)cc(C(N)=CC=NC(F)F)cc1F)C[C@H](O)[C@@H](CC(=O)[C@@H](NC(=O)OC)C(C)(C)C(F)(F)F)Cc1ccc(C#Cc2cnc(N3CC4CCC(C3)N4C3COC3)c(C)c2)cc1)C(C)(C)C(F)(F)F. The van der Waals surface area contributed by atoms with Gasteiger partial charge in [-0.05, 0) is 93.5 Å². The first-order valence-corrected chi connectivity index (χ1v) is 26.1. The molecule has 6 rings (SSSR count). The number of anilines is 1. The number of rotatable bonds is 22. The summed E-state index contributed by atoms with van der Waals surface area (Å²) in [6.45, 7) is 2.34. The van der Waals surface area contributed by atoms with Gasteiger partial charge in [-0.3, -0.25) is 24.7 Å². The molecule has 5 N–H and O–H groups in total. The van der Waals surface area contributed by atoms with Crippen molar-refractivity contribution < 1.29 is 82.4 Å². The van der Waals surface area contributed by atoms with Crippen LogP contribution in [0.4, 0.5) is 54.5 Å². The number of methoxy groups -OCH3 is 2. The minimum atomic E-state index is -5.16. The number of aryl methyl sites for hydroxylation is 1. The van der Waals surface area contributed by atoms with Gasteiger partial charge in [-0.15, -0.1) is 0 Å². The zero-order chi connectivity index (χ0) is 60.6. The van der Waals surface area contributed by atoms with Crippen LogP contribution in [0.1, 0.15) is 86.8 Å². The van der Waals surface area contributed by atoms with Crippen molar-refractivity contribution in [2.24, 2.45) is 33.4 Å². The number of hydrogen-bond donors (Lipinski definition) is 4. The minimum absolute atomic E-state index is 0.341. The summed E-state index contributed by atoms with van der Waals surface area (Å²) in [6.07, 6.45) is -11.0. The van der Waals surface area contributed by atoms with Gasteiger partial charge in [0.25, 0.3) is 0 Å². The first-order chi connectivity index (χ1) is 38.3. The number of benzene rings is 2. The van der Waals surface area contributed by atoms with Crippen LogP contribution in [0.25, 0.3) is 5.70 Å². The molecular weight excluding hydrogens is 1100 g/mol. The van der Waals surface area contributed by atoms with Crippen molar-refractivity contribution in [1.82, 2.24) is 25.6 Å². The van der Waals surface area contributed by atoms with Gasteiger partial charge in [-0.1, -0.05) is 37.8 Å². The number of hydrazine groups is 1. The number of piperazine rings is 1. The van der Waals surface area contributed by atoms with Gasteiger partial charge in [0.15, 0.2) is 5.78 Å². The number of allylic oxidation sites excluding steroid dienone is 1. The monoisotopic (exact) mass is 1170 g/mol. The molecule has 0 aliphatic carbocycles. The molecule has 2 unspecified atom stereocenters. The number of ether oxygens (including phenoxy) is 3. The first-order valence-electron chi connectivity index (χ1n) is 26.1. The topological polar surface area (TPSA) is 201 Å². The first kappa shape index (κ1) is 64.3. The lowest BCUT2D eigenvalue weighted by atomic mass is 9.75. The van der Waals surface area contributed by atoms with E-state index in [0.717, 1.165) is 70.8 Å². The number of aliphatic imine (C=N–C) groups is 1. The molecule has 0 saturated carbocycles. The Hall–Kier alpha value is -6.82. The number of halogens is 10. The molecule has 16 nitrogen and oxygen atoms in total. The summed E-state index contributed by atoms with van der Waals surface area (Å²) in [7, 11) is 1.69. The molecule has 82 heavy (non-hydrogen) atoms. The van der Waals surface area contributed by atoms with Crippen LogP contribution in [0.3, 0.4) is 0 Å².